The van der Waals surface area contributed by atoms with Gasteiger partial charge in [-0.3, -0.25) is 4.79 Å². The Balaban J connectivity index is 2.55. The summed E-state index contributed by atoms with van der Waals surface area (Å²) in [6, 6.07) is 9.50. The van der Waals surface area contributed by atoms with E-state index in [1.807, 2.05) is 30.3 Å². The van der Waals surface area contributed by atoms with Crippen molar-refractivity contribution in [3.63, 3.8) is 0 Å². The van der Waals surface area contributed by atoms with Gasteiger partial charge in [0.15, 0.2) is 0 Å². The third kappa shape index (κ3) is 3.20. The summed E-state index contributed by atoms with van der Waals surface area (Å²) < 4.78 is 0. The number of aliphatic hydroxyl groups excluding tert-OH is 1. The monoisotopic (exact) mass is 196 g/mol. The van der Waals surface area contributed by atoms with Gasteiger partial charge in [-0.25, -0.2) is 0 Å². The second-order valence-corrected chi connectivity index (χ2v) is 3.54. The lowest BCUT2D eigenvalue weighted by molar-refractivity contribution is -0.118. The van der Waals surface area contributed by atoms with Crippen molar-refractivity contribution in [3.05, 3.63) is 35.9 Å². The molecule has 0 aliphatic heterocycles. The number of aliphatic hydroxyl groups is 1. The van der Waals surface area contributed by atoms with Crippen molar-refractivity contribution in [2.75, 3.05) is 6.26 Å². The molecule has 3 heteroatoms. The van der Waals surface area contributed by atoms with Gasteiger partial charge in [-0.2, -0.15) is 0 Å². The number of hydrogen-bond acceptors (Lipinski definition) is 3. The fourth-order valence-corrected chi connectivity index (χ4v) is 1.41. The maximum Gasteiger partial charge on any atom is 0.217 e. The summed E-state index contributed by atoms with van der Waals surface area (Å²) in [5.41, 5.74) is 0.984. The van der Waals surface area contributed by atoms with Crippen LogP contribution in [-0.2, 0) is 11.2 Å². The van der Waals surface area contributed by atoms with Crippen molar-refractivity contribution in [2.24, 2.45) is 0 Å². The fraction of sp³-hybridized carbons (Fsp3) is 0.300. The van der Waals surface area contributed by atoms with E-state index in [4.69, 9.17) is 0 Å². The summed E-state index contributed by atoms with van der Waals surface area (Å²) >= 11 is 1.06. The molecule has 1 rings (SSSR count). The molecular formula is C10H12O2S. The standard InChI is InChI=1S/C10H12O2S/c1-13-10(12)9(11)7-8-5-3-2-4-6-8/h2-6,9,11H,7H2,1H3/t9-/m0/s1. The molecule has 2 nitrogen and oxygen atoms in total. The molecule has 1 aromatic carbocycles. The van der Waals surface area contributed by atoms with E-state index in [9.17, 15) is 9.90 Å². The third-order valence-corrected chi connectivity index (χ3v) is 2.42. The zero-order valence-electron chi connectivity index (χ0n) is 7.43. The van der Waals surface area contributed by atoms with Crippen LogP contribution in [0.3, 0.4) is 0 Å². The molecule has 0 radical (unpaired) electrons. The summed E-state index contributed by atoms with van der Waals surface area (Å²) in [6.07, 6.45) is 1.20. The van der Waals surface area contributed by atoms with Gasteiger partial charge in [0, 0.05) is 6.42 Å². The van der Waals surface area contributed by atoms with Gasteiger partial charge < -0.3 is 5.11 Å². The van der Waals surface area contributed by atoms with Crippen molar-refractivity contribution in [2.45, 2.75) is 12.5 Å². The minimum atomic E-state index is -0.877. The van der Waals surface area contributed by atoms with Crippen molar-refractivity contribution in [1.29, 1.82) is 0 Å². The quantitative estimate of drug-likeness (QED) is 0.795. The number of carbonyl (C=O) groups excluding carboxylic acids is 1. The van der Waals surface area contributed by atoms with Gasteiger partial charge in [0.1, 0.15) is 6.10 Å². The van der Waals surface area contributed by atoms with Gasteiger partial charge in [0.05, 0.1) is 0 Å². The highest BCUT2D eigenvalue weighted by Crippen LogP contribution is 2.08. The van der Waals surface area contributed by atoms with Gasteiger partial charge in [0.2, 0.25) is 5.12 Å². The lowest BCUT2D eigenvalue weighted by Gasteiger charge is -2.06. The predicted octanol–water partition coefficient (Wildman–Crippen LogP) is 1.48. The fourth-order valence-electron chi connectivity index (χ4n) is 1.06. The smallest absolute Gasteiger partial charge is 0.217 e. The second kappa shape index (κ2) is 5.04. The largest absolute Gasteiger partial charge is 0.384 e. The molecule has 0 aliphatic rings. The normalized spacial score (nSPS) is 12.5. The zero-order chi connectivity index (χ0) is 9.68. The maximum atomic E-state index is 11.0. The summed E-state index contributed by atoms with van der Waals surface area (Å²) in [7, 11) is 0. The average Bonchev–Trinajstić information content (AvgIpc) is 2.18. The average molecular weight is 196 g/mol. The van der Waals surface area contributed by atoms with Crippen LogP contribution in [0.25, 0.3) is 0 Å². The van der Waals surface area contributed by atoms with Crippen LogP contribution in [-0.4, -0.2) is 22.6 Å². The number of thioether (sulfide) groups is 1. The molecule has 0 saturated heterocycles. The Kier molecular flexibility index (Phi) is 3.99. The zero-order valence-corrected chi connectivity index (χ0v) is 8.25. The van der Waals surface area contributed by atoms with E-state index in [1.165, 1.54) is 0 Å². The van der Waals surface area contributed by atoms with Gasteiger partial charge in [-0.05, 0) is 11.8 Å². The van der Waals surface area contributed by atoms with Crippen LogP contribution in [0.5, 0.6) is 0 Å². The summed E-state index contributed by atoms with van der Waals surface area (Å²) in [6.45, 7) is 0. The number of rotatable bonds is 3. The second-order valence-electron chi connectivity index (χ2n) is 2.73. The molecule has 0 heterocycles. The number of benzene rings is 1. The van der Waals surface area contributed by atoms with Crippen molar-refractivity contribution >= 4 is 16.9 Å². The summed E-state index contributed by atoms with van der Waals surface area (Å²) in [5, 5.41) is 9.22. The lowest BCUT2D eigenvalue weighted by Crippen LogP contribution is -2.19. The van der Waals surface area contributed by atoms with Crippen LogP contribution < -0.4 is 0 Å². The van der Waals surface area contributed by atoms with Crippen molar-refractivity contribution in [1.82, 2.24) is 0 Å². The Morgan fingerprint density at radius 1 is 1.46 bits per heavy atom. The van der Waals surface area contributed by atoms with E-state index >= 15 is 0 Å². The lowest BCUT2D eigenvalue weighted by atomic mass is 10.1. The Morgan fingerprint density at radius 3 is 2.62 bits per heavy atom. The number of carbonyl (C=O) groups is 1. The first kappa shape index (κ1) is 10.3. The molecule has 0 saturated carbocycles. The van der Waals surface area contributed by atoms with Crippen LogP contribution in [0.4, 0.5) is 0 Å². The Labute approximate surface area is 82.0 Å². The van der Waals surface area contributed by atoms with E-state index < -0.39 is 6.10 Å². The molecule has 13 heavy (non-hydrogen) atoms. The predicted molar refractivity (Wildman–Crippen MR) is 54.7 cm³/mol. The molecular weight excluding hydrogens is 184 g/mol. The van der Waals surface area contributed by atoms with Gasteiger partial charge in [0.25, 0.3) is 0 Å². The molecule has 0 unspecified atom stereocenters. The molecule has 0 aromatic heterocycles. The minimum Gasteiger partial charge on any atom is -0.384 e. The van der Waals surface area contributed by atoms with Gasteiger partial charge in [-0.15, -0.1) is 0 Å². The molecule has 1 atom stereocenters. The summed E-state index contributed by atoms with van der Waals surface area (Å²) in [5.74, 6) is 0. The highest BCUT2D eigenvalue weighted by Gasteiger charge is 2.13. The SMILES string of the molecule is CSC(=O)[C@@H](O)Cc1ccccc1. The first-order valence-electron chi connectivity index (χ1n) is 4.04. The molecule has 0 spiro atoms. The Bertz CT molecular complexity index is 272. The highest BCUT2D eigenvalue weighted by atomic mass is 32.2. The third-order valence-electron chi connectivity index (χ3n) is 1.75. The van der Waals surface area contributed by atoms with E-state index in [0.717, 1.165) is 17.3 Å². The molecule has 1 aromatic rings. The molecule has 70 valence electrons. The van der Waals surface area contributed by atoms with Gasteiger partial charge in [-0.1, -0.05) is 42.1 Å². The van der Waals surface area contributed by atoms with Crippen LogP contribution in [0.15, 0.2) is 30.3 Å². The maximum absolute atomic E-state index is 11.0. The Hall–Kier alpha value is -0.800. The van der Waals surface area contributed by atoms with Crippen LogP contribution >= 0.6 is 11.8 Å². The highest BCUT2D eigenvalue weighted by molar-refractivity contribution is 8.13. The van der Waals surface area contributed by atoms with E-state index in [-0.39, 0.29) is 5.12 Å². The molecule has 0 bridgehead atoms. The van der Waals surface area contributed by atoms with E-state index in [0.29, 0.717) is 6.42 Å². The van der Waals surface area contributed by atoms with E-state index in [1.54, 1.807) is 6.26 Å². The molecule has 0 aliphatic carbocycles. The number of hydrogen-bond donors (Lipinski definition) is 1. The molecule has 1 N–H and O–H groups in total. The molecule has 0 amide bonds. The van der Waals surface area contributed by atoms with Gasteiger partial charge >= 0.3 is 0 Å². The molecule has 0 fully saturated rings. The minimum absolute atomic E-state index is 0.177. The first-order chi connectivity index (χ1) is 6.24. The van der Waals surface area contributed by atoms with Crippen LogP contribution in [0, 0.1) is 0 Å². The van der Waals surface area contributed by atoms with Crippen LogP contribution in [0.2, 0.25) is 0 Å². The summed E-state index contributed by atoms with van der Waals surface area (Å²) in [4.78, 5) is 11.0. The van der Waals surface area contributed by atoms with Crippen LogP contribution in [0.1, 0.15) is 5.56 Å². The van der Waals surface area contributed by atoms with E-state index in [2.05, 4.69) is 0 Å². The van der Waals surface area contributed by atoms with Crippen molar-refractivity contribution in [3.8, 4) is 0 Å². The topological polar surface area (TPSA) is 37.3 Å². The first-order valence-corrected chi connectivity index (χ1v) is 5.26. The Morgan fingerprint density at radius 2 is 2.08 bits per heavy atom. The van der Waals surface area contributed by atoms with Crippen molar-refractivity contribution < 1.29 is 9.90 Å².